The van der Waals surface area contributed by atoms with Crippen molar-refractivity contribution in [1.29, 1.82) is 0 Å². The summed E-state index contributed by atoms with van der Waals surface area (Å²) in [5.74, 6) is 0.769. The zero-order chi connectivity index (χ0) is 13.4. The molecule has 5 nitrogen and oxygen atoms in total. The summed E-state index contributed by atoms with van der Waals surface area (Å²) in [6.07, 6.45) is 2.32. The number of hydrogen-bond acceptors (Lipinski definition) is 3. The van der Waals surface area contributed by atoms with E-state index in [1.165, 1.54) is 0 Å². The molecule has 2 heterocycles. The lowest BCUT2D eigenvalue weighted by atomic mass is 10.1. The minimum absolute atomic E-state index is 0.0820. The van der Waals surface area contributed by atoms with Crippen LogP contribution in [0, 0.1) is 0 Å². The average molecular weight is 321 g/mol. The molecule has 0 unspecified atom stereocenters. The van der Waals surface area contributed by atoms with Gasteiger partial charge in [0.1, 0.15) is 16.1 Å². The van der Waals surface area contributed by atoms with Gasteiger partial charge >= 0.3 is 0 Å². The fraction of sp³-hybridized carbons (Fsp3) is 0.231. The second kappa shape index (κ2) is 4.79. The van der Waals surface area contributed by atoms with Crippen molar-refractivity contribution in [1.82, 2.24) is 19.5 Å². The Morgan fingerprint density at radius 2 is 2.26 bits per heavy atom. The van der Waals surface area contributed by atoms with Crippen molar-refractivity contribution in [3.63, 3.8) is 0 Å². The third-order valence-corrected chi connectivity index (χ3v) is 3.63. The molecular formula is C13H13BrN4O. The van der Waals surface area contributed by atoms with Crippen molar-refractivity contribution in [2.45, 2.75) is 6.42 Å². The molecule has 1 aromatic carbocycles. The number of halogens is 1. The number of nitrogens with zero attached hydrogens (tertiary/aromatic N) is 3. The predicted octanol–water partition coefficient (Wildman–Crippen LogP) is 2.26. The molecule has 19 heavy (non-hydrogen) atoms. The molecule has 2 N–H and O–H groups in total. The van der Waals surface area contributed by atoms with Gasteiger partial charge in [-0.15, -0.1) is 0 Å². The van der Waals surface area contributed by atoms with Crippen LogP contribution in [0.5, 0.6) is 0 Å². The number of fused-ring (bicyclic) bond motifs is 1. The maximum absolute atomic E-state index is 8.95. The Hall–Kier alpha value is -1.66. The van der Waals surface area contributed by atoms with E-state index in [9.17, 15) is 0 Å². The lowest BCUT2D eigenvalue weighted by molar-refractivity contribution is 0.297. The molecule has 0 spiro atoms. The highest BCUT2D eigenvalue weighted by Gasteiger charge is 2.11. The summed E-state index contributed by atoms with van der Waals surface area (Å²) < 4.78 is 2.81. The number of rotatable bonds is 3. The first kappa shape index (κ1) is 12.4. The Kier molecular flexibility index (Phi) is 3.12. The van der Waals surface area contributed by atoms with Gasteiger partial charge in [0, 0.05) is 19.0 Å². The van der Waals surface area contributed by atoms with E-state index in [1.54, 1.807) is 6.33 Å². The van der Waals surface area contributed by atoms with Gasteiger partial charge in [-0.2, -0.15) is 0 Å². The first-order valence-electron chi connectivity index (χ1n) is 5.95. The SMILES string of the molecule is Cn1cnc2cc(-c3nc(CCO)[nH]c3Br)ccc21. The molecule has 3 rings (SSSR count). The monoisotopic (exact) mass is 320 g/mol. The van der Waals surface area contributed by atoms with Gasteiger partial charge in [0.2, 0.25) is 0 Å². The molecule has 3 aromatic rings. The van der Waals surface area contributed by atoms with Crippen LogP contribution in [0.1, 0.15) is 5.82 Å². The highest BCUT2D eigenvalue weighted by Crippen LogP contribution is 2.28. The summed E-state index contributed by atoms with van der Waals surface area (Å²) >= 11 is 3.47. The number of aromatic amines is 1. The molecule has 6 heteroatoms. The standard InChI is InChI=1S/C13H13BrN4O/c1-18-7-15-9-6-8(2-3-10(9)18)12-13(14)17-11(16-12)4-5-19/h2-3,6-7,19H,4-5H2,1H3,(H,16,17). The van der Waals surface area contributed by atoms with Crippen molar-refractivity contribution in [3.8, 4) is 11.3 Å². The van der Waals surface area contributed by atoms with E-state index in [1.807, 2.05) is 29.8 Å². The highest BCUT2D eigenvalue weighted by atomic mass is 79.9. The van der Waals surface area contributed by atoms with Gasteiger partial charge in [-0.3, -0.25) is 0 Å². The second-order valence-corrected chi connectivity index (χ2v) is 5.17. The van der Waals surface area contributed by atoms with Crippen LogP contribution < -0.4 is 0 Å². The predicted molar refractivity (Wildman–Crippen MR) is 76.8 cm³/mol. The van der Waals surface area contributed by atoms with Gasteiger partial charge in [-0.05, 0) is 28.1 Å². The Balaban J connectivity index is 2.08. The van der Waals surface area contributed by atoms with Crippen molar-refractivity contribution in [3.05, 3.63) is 35.0 Å². The Labute approximate surface area is 118 Å². The second-order valence-electron chi connectivity index (χ2n) is 4.38. The third kappa shape index (κ3) is 2.17. The highest BCUT2D eigenvalue weighted by molar-refractivity contribution is 9.10. The zero-order valence-corrected chi connectivity index (χ0v) is 12.0. The molecule has 98 valence electrons. The van der Waals surface area contributed by atoms with Gasteiger partial charge in [0.05, 0.1) is 24.0 Å². The van der Waals surface area contributed by atoms with E-state index in [4.69, 9.17) is 5.11 Å². The van der Waals surface area contributed by atoms with Crippen LogP contribution >= 0.6 is 15.9 Å². The number of aryl methyl sites for hydroxylation is 1. The third-order valence-electron chi connectivity index (χ3n) is 3.06. The van der Waals surface area contributed by atoms with Crippen LogP contribution in [0.4, 0.5) is 0 Å². The largest absolute Gasteiger partial charge is 0.396 e. The lowest BCUT2D eigenvalue weighted by Crippen LogP contribution is -1.92. The minimum atomic E-state index is 0.0820. The van der Waals surface area contributed by atoms with Crippen LogP contribution in [-0.4, -0.2) is 31.2 Å². The normalized spacial score (nSPS) is 11.3. The van der Waals surface area contributed by atoms with E-state index in [-0.39, 0.29) is 6.61 Å². The molecular weight excluding hydrogens is 308 g/mol. The number of hydrogen-bond donors (Lipinski definition) is 2. The Morgan fingerprint density at radius 1 is 1.42 bits per heavy atom. The number of aliphatic hydroxyl groups excluding tert-OH is 1. The van der Waals surface area contributed by atoms with Gasteiger partial charge in [0.25, 0.3) is 0 Å². The van der Waals surface area contributed by atoms with E-state index in [0.717, 1.165) is 32.7 Å². The molecule has 0 amide bonds. The zero-order valence-electron chi connectivity index (χ0n) is 10.4. The molecule has 0 aliphatic carbocycles. The lowest BCUT2D eigenvalue weighted by Gasteiger charge is -1.99. The number of aliphatic hydroxyl groups is 1. The fourth-order valence-electron chi connectivity index (χ4n) is 2.10. The molecule has 0 radical (unpaired) electrons. The van der Waals surface area contributed by atoms with Crippen molar-refractivity contribution in [2.24, 2.45) is 7.05 Å². The summed E-state index contributed by atoms with van der Waals surface area (Å²) in [5, 5.41) is 8.95. The quantitative estimate of drug-likeness (QED) is 0.778. The molecule has 0 atom stereocenters. The number of aromatic nitrogens is 4. The van der Waals surface area contributed by atoms with Crippen molar-refractivity contribution in [2.75, 3.05) is 6.61 Å². The van der Waals surface area contributed by atoms with Gasteiger partial charge in [-0.25, -0.2) is 9.97 Å². The van der Waals surface area contributed by atoms with Crippen LogP contribution in [0.15, 0.2) is 29.1 Å². The smallest absolute Gasteiger partial charge is 0.110 e. The van der Waals surface area contributed by atoms with Crippen LogP contribution in [-0.2, 0) is 13.5 Å². The minimum Gasteiger partial charge on any atom is -0.396 e. The average Bonchev–Trinajstić information content (AvgIpc) is 2.94. The first-order chi connectivity index (χ1) is 9.19. The molecule has 0 saturated carbocycles. The number of imidazole rings is 2. The summed E-state index contributed by atoms with van der Waals surface area (Å²) in [6.45, 7) is 0.0820. The topological polar surface area (TPSA) is 66.7 Å². The fourth-order valence-corrected chi connectivity index (χ4v) is 2.64. The maximum atomic E-state index is 8.95. The van der Waals surface area contributed by atoms with Crippen LogP contribution in [0.3, 0.4) is 0 Å². The summed E-state index contributed by atoms with van der Waals surface area (Å²) in [4.78, 5) is 12.0. The van der Waals surface area contributed by atoms with E-state index in [0.29, 0.717) is 6.42 Å². The first-order valence-corrected chi connectivity index (χ1v) is 6.75. The molecule has 0 fully saturated rings. The number of H-pyrrole nitrogens is 1. The van der Waals surface area contributed by atoms with Gasteiger partial charge in [-0.1, -0.05) is 6.07 Å². The molecule has 0 saturated heterocycles. The van der Waals surface area contributed by atoms with E-state index in [2.05, 4.69) is 30.9 Å². The summed E-state index contributed by atoms with van der Waals surface area (Å²) in [6, 6.07) is 6.07. The van der Waals surface area contributed by atoms with Gasteiger partial charge < -0.3 is 14.7 Å². The maximum Gasteiger partial charge on any atom is 0.110 e. The van der Waals surface area contributed by atoms with E-state index >= 15 is 0 Å². The van der Waals surface area contributed by atoms with E-state index < -0.39 is 0 Å². The molecule has 0 bridgehead atoms. The number of benzene rings is 1. The number of nitrogens with one attached hydrogen (secondary N) is 1. The van der Waals surface area contributed by atoms with Crippen molar-refractivity contribution >= 4 is 27.0 Å². The summed E-state index contributed by atoms with van der Waals surface area (Å²) in [5.41, 5.74) is 3.87. The summed E-state index contributed by atoms with van der Waals surface area (Å²) in [7, 11) is 1.97. The van der Waals surface area contributed by atoms with Crippen LogP contribution in [0.25, 0.3) is 22.3 Å². The Morgan fingerprint density at radius 3 is 3.05 bits per heavy atom. The van der Waals surface area contributed by atoms with Gasteiger partial charge in [0.15, 0.2) is 0 Å². The molecule has 2 aromatic heterocycles. The molecule has 0 aliphatic heterocycles. The molecule has 0 aliphatic rings. The van der Waals surface area contributed by atoms with Crippen LogP contribution in [0.2, 0.25) is 0 Å². The van der Waals surface area contributed by atoms with Crippen molar-refractivity contribution < 1.29 is 5.11 Å². The Bertz CT molecular complexity index is 731.